The average molecular weight is 235 g/mol. The van der Waals surface area contributed by atoms with Gasteiger partial charge in [0, 0.05) is 50.4 Å². The van der Waals surface area contributed by atoms with Gasteiger partial charge in [-0.1, -0.05) is 0 Å². The molecule has 1 N–H and O–H groups in total. The first-order valence-electron chi connectivity index (χ1n) is 6.21. The summed E-state index contributed by atoms with van der Waals surface area (Å²) >= 11 is 0. The predicted molar refractivity (Wildman–Crippen MR) is 69.2 cm³/mol. The Hall–Kier alpha value is -1.13. The van der Waals surface area contributed by atoms with Crippen LogP contribution in [-0.4, -0.2) is 38.3 Å². The maximum atomic E-state index is 5.67. The number of pyridine rings is 1. The highest BCUT2D eigenvalue weighted by atomic mass is 16.5. The van der Waals surface area contributed by atoms with Gasteiger partial charge in [0.2, 0.25) is 0 Å². The Morgan fingerprint density at radius 2 is 2.47 bits per heavy atom. The number of hydrogen-bond acceptors (Lipinski definition) is 4. The molecule has 4 nitrogen and oxygen atoms in total. The smallest absolute Gasteiger partial charge is 0.0750 e. The lowest BCUT2D eigenvalue weighted by molar-refractivity contribution is 0.116. The molecule has 17 heavy (non-hydrogen) atoms. The lowest BCUT2D eigenvalue weighted by Crippen LogP contribution is -2.29. The van der Waals surface area contributed by atoms with Crippen LogP contribution >= 0.6 is 0 Å². The van der Waals surface area contributed by atoms with E-state index < -0.39 is 0 Å². The van der Waals surface area contributed by atoms with Crippen molar-refractivity contribution >= 4 is 5.69 Å². The fourth-order valence-corrected chi connectivity index (χ4v) is 2.31. The first-order chi connectivity index (χ1) is 8.31. The molecule has 1 atom stereocenters. The van der Waals surface area contributed by atoms with Crippen molar-refractivity contribution in [3.05, 3.63) is 24.0 Å². The van der Waals surface area contributed by atoms with Gasteiger partial charge in [-0.3, -0.25) is 4.98 Å². The maximum absolute atomic E-state index is 5.67. The molecule has 0 saturated carbocycles. The van der Waals surface area contributed by atoms with Crippen LogP contribution in [0.4, 0.5) is 5.69 Å². The Morgan fingerprint density at radius 1 is 1.59 bits per heavy atom. The molecule has 2 heterocycles. The van der Waals surface area contributed by atoms with E-state index in [9.17, 15) is 0 Å². The normalized spacial score (nSPS) is 19.5. The third-order valence-electron chi connectivity index (χ3n) is 3.16. The van der Waals surface area contributed by atoms with E-state index in [-0.39, 0.29) is 0 Å². The summed E-state index contributed by atoms with van der Waals surface area (Å²) in [6.45, 7) is 2.72. The first-order valence-corrected chi connectivity index (χ1v) is 6.21. The largest absolute Gasteiger partial charge is 0.376 e. The van der Waals surface area contributed by atoms with E-state index in [1.54, 1.807) is 0 Å². The molecule has 1 unspecified atom stereocenters. The van der Waals surface area contributed by atoms with Crippen LogP contribution in [0.25, 0.3) is 0 Å². The van der Waals surface area contributed by atoms with Crippen LogP contribution in [-0.2, 0) is 11.3 Å². The molecule has 0 aromatic carbocycles. The molecule has 2 rings (SSSR count). The second-order valence-corrected chi connectivity index (χ2v) is 4.55. The van der Waals surface area contributed by atoms with E-state index in [0.29, 0.717) is 6.10 Å². The SMILES string of the molecule is CNCc1cnccc1N(C)CC1CCCO1. The molecular formula is C13H21N3O. The summed E-state index contributed by atoms with van der Waals surface area (Å²) in [7, 11) is 4.08. The van der Waals surface area contributed by atoms with Crippen LogP contribution in [0.3, 0.4) is 0 Å². The van der Waals surface area contributed by atoms with E-state index in [4.69, 9.17) is 4.74 Å². The summed E-state index contributed by atoms with van der Waals surface area (Å²) in [5.74, 6) is 0. The Balaban J connectivity index is 2.03. The molecule has 4 heteroatoms. The monoisotopic (exact) mass is 235 g/mol. The second-order valence-electron chi connectivity index (χ2n) is 4.55. The predicted octanol–water partition coefficient (Wildman–Crippen LogP) is 1.42. The summed E-state index contributed by atoms with van der Waals surface area (Å²) in [4.78, 5) is 6.45. The van der Waals surface area contributed by atoms with Gasteiger partial charge in [0.1, 0.15) is 0 Å². The average Bonchev–Trinajstić information content (AvgIpc) is 2.83. The van der Waals surface area contributed by atoms with Crippen LogP contribution < -0.4 is 10.2 Å². The maximum Gasteiger partial charge on any atom is 0.0750 e. The first kappa shape index (κ1) is 12.3. The quantitative estimate of drug-likeness (QED) is 0.837. The molecule has 1 fully saturated rings. The highest BCUT2D eigenvalue weighted by Gasteiger charge is 2.18. The van der Waals surface area contributed by atoms with Gasteiger partial charge in [-0.15, -0.1) is 0 Å². The van der Waals surface area contributed by atoms with Gasteiger partial charge in [-0.05, 0) is 26.0 Å². The number of ether oxygens (including phenoxy) is 1. The molecule has 0 spiro atoms. The Morgan fingerprint density at radius 3 is 3.18 bits per heavy atom. The summed E-state index contributed by atoms with van der Waals surface area (Å²) in [5, 5.41) is 3.17. The van der Waals surface area contributed by atoms with Crippen LogP contribution in [0.5, 0.6) is 0 Å². The minimum atomic E-state index is 0.385. The molecular weight excluding hydrogens is 214 g/mol. The Labute approximate surface area is 103 Å². The van der Waals surface area contributed by atoms with Gasteiger partial charge >= 0.3 is 0 Å². The summed E-state index contributed by atoms with van der Waals surface area (Å²) in [5.41, 5.74) is 2.47. The van der Waals surface area contributed by atoms with Gasteiger partial charge < -0.3 is 15.0 Å². The van der Waals surface area contributed by atoms with E-state index in [2.05, 4.69) is 28.3 Å². The van der Waals surface area contributed by atoms with E-state index in [1.807, 2.05) is 19.4 Å². The number of hydrogen-bond donors (Lipinski definition) is 1. The number of anilines is 1. The highest BCUT2D eigenvalue weighted by molar-refractivity contribution is 5.51. The summed E-state index contributed by atoms with van der Waals surface area (Å²) in [6.07, 6.45) is 6.53. The Bertz CT molecular complexity index is 350. The number of likely N-dealkylation sites (N-methyl/N-ethyl adjacent to an activating group) is 1. The summed E-state index contributed by atoms with van der Waals surface area (Å²) in [6, 6.07) is 2.07. The van der Waals surface area contributed by atoms with Gasteiger partial charge in [0.25, 0.3) is 0 Å². The van der Waals surface area contributed by atoms with E-state index in [0.717, 1.165) is 19.7 Å². The van der Waals surface area contributed by atoms with E-state index in [1.165, 1.54) is 24.1 Å². The molecule has 1 aromatic rings. The standard InChI is InChI=1S/C13H21N3O/c1-14-8-11-9-15-6-5-13(11)16(2)10-12-4-3-7-17-12/h5-6,9,12,14H,3-4,7-8,10H2,1-2H3. The topological polar surface area (TPSA) is 37.4 Å². The number of nitrogens with one attached hydrogen (secondary N) is 1. The van der Waals surface area contributed by atoms with Crippen molar-refractivity contribution in [1.29, 1.82) is 0 Å². The van der Waals surface area contributed by atoms with Gasteiger partial charge in [0.05, 0.1) is 6.10 Å². The highest BCUT2D eigenvalue weighted by Crippen LogP contribution is 2.20. The van der Waals surface area contributed by atoms with Crippen molar-refractivity contribution in [2.75, 3.05) is 32.1 Å². The number of aromatic nitrogens is 1. The third-order valence-corrected chi connectivity index (χ3v) is 3.16. The second kappa shape index (κ2) is 5.98. The summed E-state index contributed by atoms with van der Waals surface area (Å²) < 4.78 is 5.67. The zero-order chi connectivity index (χ0) is 12.1. The lowest BCUT2D eigenvalue weighted by Gasteiger charge is -2.24. The molecule has 1 aliphatic heterocycles. The molecule has 1 aliphatic rings. The van der Waals surface area contributed by atoms with Crippen molar-refractivity contribution in [2.24, 2.45) is 0 Å². The van der Waals surface area contributed by atoms with Crippen molar-refractivity contribution < 1.29 is 4.74 Å². The third kappa shape index (κ3) is 3.17. The zero-order valence-electron chi connectivity index (χ0n) is 10.6. The number of nitrogens with zero attached hydrogens (tertiary/aromatic N) is 2. The Kier molecular flexibility index (Phi) is 4.34. The molecule has 0 aliphatic carbocycles. The van der Waals surface area contributed by atoms with Crippen LogP contribution in [0.1, 0.15) is 18.4 Å². The van der Waals surface area contributed by atoms with Gasteiger partial charge in [0.15, 0.2) is 0 Å². The van der Waals surface area contributed by atoms with Crippen molar-refractivity contribution in [1.82, 2.24) is 10.3 Å². The van der Waals surface area contributed by atoms with Crippen molar-refractivity contribution in [2.45, 2.75) is 25.5 Å². The molecule has 94 valence electrons. The zero-order valence-corrected chi connectivity index (χ0v) is 10.6. The van der Waals surface area contributed by atoms with Crippen LogP contribution in [0, 0.1) is 0 Å². The fourth-order valence-electron chi connectivity index (χ4n) is 2.31. The molecule has 0 amide bonds. The van der Waals surface area contributed by atoms with Crippen LogP contribution in [0.2, 0.25) is 0 Å². The van der Waals surface area contributed by atoms with Crippen LogP contribution in [0.15, 0.2) is 18.5 Å². The van der Waals surface area contributed by atoms with Crippen molar-refractivity contribution in [3.63, 3.8) is 0 Å². The van der Waals surface area contributed by atoms with Gasteiger partial charge in [-0.2, -0.15) is 0 Å². The fraction of sp³-hybridized carbons (Fsp3) is 0.615. The van der Waals surface area contributed by atoms with Gasteiger partial charge in [-0.25, -0.2) is 0 Å². The number of rotatable bonds is 5. The van der Waals surface area contributed by atoms with Crippen molar-refractivity contribution in [3.8, 4) is 0 Å². The molecule has 1 aromatic heterocycles. The minimum Gasteiger partial charge on any atom is -0.376 e. The minimum absolute atomic E-state index is 0.385. The molecule has 0 radical (unpaired) electrons. The molecule has 0 bridgehead atoms. The van der Waals surface area contributed by atoms with E-state index >= 15 is 0 Å². The lowest BCUT2D eigenvalue weighted by atomic mass is 10.2. The molecule has 1 saturated heterocycles.